The van der Waals surface area contributed by atoms with E-state index in [1.54, 1.807) is 29.2 Å². The Labute approximate surface area is 161 Å². The van der Waals surface area contributed by atoms with Gasteiger partial charge in [-0.3, -0.25) is 14.4 Å². The summed E-state index contributed by atoms with van der Waals surface area (Å²) in [6.45, 7) is 8.63. The first-order valence-corrected chi connectivity index (χ1v) is 9.66. The Morgan fingerprint density at radius 2 is 1.78 bits per heavy atom. The summed E-state index contributed by atoms with van der Waals surface area (Å²) in [5.41, 5.74) is 1.30. The fraction of sp³-hybridized carbons (Fsp3) is 0.550. The van der Waals surface area contributed by atoms with Crippen LogP contribution in [0.25, 0.3) is 0 Å². The molecule has 7 nitrogen and oxygen atoms in total. The van der Waals surface area contributed by atoms with E-state index in [4.69, 9.17) is 0 Å². The molecule has 2 rings (SSSR count). The Kier molecular flexibility index (Phi) is 7.79. The van der Waals surface area contributed by atoms with Gasteiger partial charge in [0.05, 0.1) is 13.1 Å². The minimum Gasteiger partial charge on any atom is -0.329 e. The highest BCUT2D eigenvalue weighted by Gasteiger charge is 2.25. The number of likely N-dealkylation sites (tertiary alicyclic amines) is 1. The second kappa shape index (κ2) is 10.1. The van der Waals surface area contributed by atoms with Crippen LogP contribution in [0.5, 0.6) is 0 Å². The number of anilines is 2. The molecule has 3 N–H and O–H groups in total. The van der Waals surface area contributed by atoms with E-state index in [-0.39, 0.29) is 24.3 Å². The molecule has 0 bridgehead atoms. The van der Waals surface area contributed by atoms with Gasteiger partial charge in [0.1, 0.15) is 6.54 Å². The average molecular weight is 375 g/mol. The van der Waals surface area contributed by atoms with Gasteiger partial charge in [0.25, 0.3) is 5.91 Å². The lowest BCUT2D eigenvalue weighted by Crippen LogP contribution is -3.14. The maximum Gasteiger partial charge on any atom is 0.278 e. The number of piperidine rings is 1. The minimum absolute atomic E-state index is 0.0257. The molecule has 1 aromatic carbocycles. The van der Waals surface area contributed by atoms with Gasteiger partial charge in [-0.2, -0.15) is 0 Å². The lowest BCUT2D eigenvalue weighted by molar-refractivity contribution is -0.900. The van der Waals surface area contributed by atoms with Crippen molar-refractivity contribution in [2.75, 3.05) is 43.4 Å². The van der Waals surface area contributed by atoms with Crippen LogP contribution in [0.15, 0.2) is 24.3 Å². The van der Waals surface area contributed by atoms with E-state index in [1.807, 2.05) is 6.92 Å². The predicted molar refractivity (Wildman–Crippen MR) is 106 cm³/mol. The molecule has 3 amide bonds. The van der Waals surface area contributed by atoms with Gasteiger partial charge in [0.2, 0.25) is 11.8 Å². The molecule has 1 unspecified atom stereocenters. The van der Waals surface area contributed by atoms with Gasteiger partial charge in [0.15, 0.2) is 6.54 Å². The fourth-order valence-corrected chi connectivity index (χ4v) is 3.47. The average Bonchev–Trinajstić information content (AvgIpc) is 2.61. The second-order valence-corrected chi connectivity index (χ2v) is 7.34. The third kappa shape index (κ3) is 7.02. The van der Waals surface area contributed by atoms with Crippen LogP contribution in [0.1, 0.15) is 33.6 Å². The molecule has 1 aliphatic heterocycles. The van der Waals surface area contributed by atoms with Gasteiger partial charge in [-0.25, -0.2) is 0 Å². The monoisotopic (exact) mass is 375 g/mol. The van der Waals surface area contributed by atoms with E-state index in [0.717, 1.165) is 19.5 Å². The molecule has 1 heterocycles. The van der Waals surface area contributed by atoms with Crippen molar-refractivity contribution >= 4 is 29.1 Å². The summed E-state index contributed by atoms with van der Waals surface area (Å²) in [4.78, 5) is 38.8. The number of nitrogens with zero attached hydrogens (tertiary/aromatic N) is 1. The SMILES string of the molecule is CCN(CC(=O)Nc1ccc(NC(C)=O)cc1)C(=O)C[NH+]1CCC[C@@H](C)C1. The van der Waals surface area contributed by atoms with Gasteiger partial charge in [-0.05, 0) is 44.0 Å². The zero-order valence-electron chi connectivity index (χ0n) is 16.5. The van der Waals surface area contributed by atoms with Crippen LogP contribution in [0, 0.1) is 5.92 Å². The molecule has 27 heavy (non-hydrogen) atoms. The molecule has 1 aromatic rings. The maximum atomic E-state index is 12.6. The van der Waals surface area contributed by atoms with Crippen molar-refractivity contribution in [3.63, 3.8) is 0 Å². The molecule has 0 aliphatic carbocycles. The molecule has 0 aromatic heterocycles. The van der Waals surface area contributed by atoms with E-state index in [0.29, 0.717) is 30.4 Å². The molecule has 0 spiro atoms. The zero-order chi connectivity index (χ0) is 19.8. The number of nitrogens with one attached hydrogen (secondary N) is 3. The van der Waals surface area contributed by atoms with Crippen LogP contribution in [-0.4, -0.2) is 55.3 Å². The third-order valence-electron chi connectivity index (χ3n) is 4.82. The number of amides is 3. The molecular formula is C20H31N4O3+. The Morgan fingerprint density at radius 1 is 1.15 bits per heavy atom. The number of hydrogen-bond acceptors (Lipinski definition) is 3. The molecule has 1 aliphatic rings. The predicted octanol–water partition coefficient (Wildman–Crippen LogP) is 0.747. The van der Waals surface area contributed by atoms with Crippen LogP contribution in [0.4, 0.5) is 11.4 Å². The lowest BCUT2D eigenvalue weighted by atomic mass is 10.0. The molecule has 0 saturated carbocycles. The van der Waals surface area contributed by atoms with Crippen molar-refractivity contribution in [2.24, 2.45) is 5.92 Å². The van der Waals surface area contributed by atoms with E-state index in [2.05, 4.69) is 17.6 Å². The summed E-state index contributed by atoms with van der Waals surface area (Å²) in [5.74, 6) is 0.312. The van der Waals surface area contributed by atoms with Crippen LogP contribution in [-0.2, 0) is 14.4 Å². The summed E-state index contributed by atoms with van der Waals surface area (Å²) < 4.78 is 0. The van der Waals surface area contributed by atoms with E-state index >= 15 is 0 Å². The van der Waals surface area contributed by atoms with Gasteiger partial charge in [0, 0.05) is 30.8 Å². The molecule has 148 valence electrons. The van der Waals surface area contributed by atoms with Crippen LogP contribution in [0.3, 0.4) is 0 Å². The van der Waals surface area contributed by atoms with Crippen LogP contribution in [0.2, 0.25) is 0 Å². The first kappa shape index (κ1) is 20.9. The Morgan fingerprint density at radius 3 is 2.33 bits per heavy atom. The number of carbonyl (C=O) groups excluding carboxylic acids is 3. The number of likely N-dealkylation sites (N-methyl/N-ethyl adjacent to an activating group) is 1. The number of rotatable bonds is 7. The first-order chi connectivity index (χ1) is 12.9. The van der Waals surface area contributed by atoms with Gasteiger partial charge < -0.3 is 20.4 Å². The topological polar surface area (TPSA) is 83.0 Å². The zero-order valence-corrected chi connectivity index (χ0v) is 16.5. The van der Waals surface area contributed by atoms with Gasteiger partial charge in [-0.15, -0.1) is 0 Å². The molecule has 1 saturated heterocycles. The molecule has 0 radical (unpaired) electrons. The second-order valence-electron chi connectivity index (χ2n) is 7.34. The van der Waals surface area contributed by atoms with E-state index < -0.39 is 0 Å². The normalized spacial score (nSPS) is 19.2. The lowest BCUT2D eigenvalue weighted by Gasteiger charge is -2.29. The minimum atomic E-state index is -0.223. The highest BCUT2D eigenvalue weighted by Crippen LogP contribution is 2.13. The number of benzene rings is 1. The largest absolute Gasteiger partial charge is 0.329 e. The molecule has 1 fully saturated rings. The molecule has 2 atom stereocenters. The standard InChI is InChI=1S/C20H30N4O3/c1-4-24(20(27)14-23-11-5-6-15(2)12-23)13-19(26)22-18-9-7-17(8-10-18)21-16(3)25/h7-10,15H,4-6,11-14H2,1-3H3,(H,21,25)(H,22,26)/p+1/t15-/m1/s1. The van der Waals surface area contributed by atoms with Crippen molar-refractivity contribution in [3.05, 3.63) is 24.3 Å². The maximum absolute atomic E-state index is 12.6. The van der Waals surface area contributed by atoms with Gasteiger partial charge in [-0.1, -0.05) is 6.92 Å². The van der Waals surface area contributed by atoms with Crippen molar-refractivity contribution in [1.82, 2.24) is 4.90 Å². The van der Waals surface area contributed by atoms with Gasteiger partial charge >= 0.3 is 0 Å². The summed E-state index contributed by atoms with van der Waals surface area (Å²) >= 11 is 0. The smallest absolute Gasteiger partial charge is 0.278 e. The summed E-state index contributed by atoms with van der Waals surface area (Å²) in [5, 5.41) is 5.48. The third-order valence-corrected chi connectivity index (χ3v) is 4.82. The molecular weight excluding hydrogens is 344 g/mol. The van der Waals surface area contributed by atoms with Crippen LogP contribution < -0.4 is 15.5 Å². The Hall–Kier alpha value is -2.41. The Bertz CT molecular complexity index is 660. The number of carbonyl (C=O) groups is 3. The fourth-order valence-electron chi connectivity index (χ4n) is 3.47. The van der Waals surface area contributed by atoms with E-state index in [9.17, 15) is 14.4 Å². The van der Waals surface area contributed by atoms with E-state index in [1.165, 1.54) is 18.2 Å². The number of quaternary nitrogens is 1. The quantitative estimate of drug-likeness (QED) is 0.658. The Balaban J connectivity index is 1.84. The first-order valence-electron chi connectivity index (χ1n) is 9.66. The van der Waals surface area contributed by atoms with Crippen molar-refractivity contribution in [1.29, 1.82) is 0 Å². The highest BCUT2D eigenvalue weighted by molar-refractivity contribution is 5.95. The van der Waals surface area contributed by atoms with Crippen molar-refractivity contribution < 1.29 is 19.3 Å². The number of hydrogen-bond donors (Lipinski definition) is 3. The summed E-state index contributed by atoms with van der Waals surface area (Å²) in [6.07, 6.45) is 2.39. The highest BCUT2D eigenvalue weighted by atomic mass is 16.2. The molecule has 7 heteroatoms. The van der Waals surface area contributed by atoms with Crippen molar-refractivity contribution in [3.8, 4) is 0 Å². The summed E-state index contributed by atoms with van der Waals surface area (Å²) in [7, 11) is 0. The van der Waals surface area contributed by atoms with Crippen LogP contribution >= 0.6 is 0 Å². The summed E-state index contributed by atoms with van der Waals surface area (Å²) in [6, 6.07) is 6.89. The van der Waals surface area contributed by atoms with Crippen molar-refractivity contribution in [2.45, 2.75) is 33.6 Å².